The Morgan fingerprint density at radius 1 is 1.06 bits per heavy atom. The molecule has 1 saturated heterocycles. The van der Waals surface area contributed by atoms with Crippen LogP contribution in [0, 0.1) is 0 Å². The lowest BCUT2D eigenvalue weighted by atomic mass is 10.2. The number of benzene rings is 1. The molecule has 2 aromatic rings. The molecular formula is C22H33IN6O2. The van der Waals surface area contributed by atoms with Gasteiger partial charge in [-0.2, -0.15) is 0 Å². The molecule has 1 aromatic heterocycles. The van der Waals surface area contributed by atoms with Crippen molar-refractivity contribution in [1.29, 1.82) is 0 Å². The van der Waals surface area contributed by atoms with Gasteiger partial charge in [-0.15, -0.1) is 24.0 Å². The summed E-state index contributed by atoms with van der Waals surface area (Å²) in [5, 5.41) is 6.62. The van der Waals surface area contributed by atoms with Crippen molar-refractivity contribution < 1.29 is 9.47 Å². The first-order valence-corrected chi connectivity index (χ1v) is 10.3. The number of nitrogens with zero attached hydrogens (tertiary/aromatic N) is 4. The monoisotopic (exact) mass is 540 g/mol. The number of aromatic nitrogens is 1. The zero-order valence-electron chi connectivity index (χ0n) is 18.7. The molecule has 8 nitrogen and oxygen atoms in total. The van der Waals surface area contributed by atoms with Gasteiger partial charge in [-0.25, -0.2) is 9.98 Å². The summed E-state index contributed by atoms with van der Waals surface area (Å²) in [6.45, 7) is 7.49. The number of guanidine groups is 1. The third kappa shape index (κ3) is 7.13. The molecule has 2 heterocycles. The average Bonchev–Trinajstić information content (AvgIpc) is 2.78. The minimum atomic E-state index is 0. The predicted octanol–water partition coefficient (Wildman–Crippen LogP) is 3.05. The van der Waals surface area contributed by atoms with Gasteiger partial charge in [-0.3, -0.25) is 0 Å². The first-order valence-electron chi connectivity index (χ1n) is 10.3. The van der Waals surface area contributed by atoms with E-state index in [1.54, 1.807) is 14.2 Å². The highest BCUT2D eigenvalue weighted by Crippen LogP contribution is 2.29. The summed E-state index contributed by atoms with van der Waals surface area (Å²) in [4.78, 5) is 14.0. The van der Waals surface area contributed by atoms with Gasteiger partial charge in [0.25, 0.3) is 0 Å². The molecule has 0 spiro atoms. The van der Waals surface area contributed by atoms with Crippen molar-refractivity contribution in [2.45, 2.75) is 13.5 Å². The van der Waals surface area contributed by atoms with E-state index in [-0.39, 0.29) is 24.0 Å². The number of rotatable bonds is 7. The van der Waals surface area contributed by atoms with Crippen molar-refractivity contribution >= 4 is 41.4 Å². The summed E-state index contributed by atoms with van der Waals surface area (Å²) in [7, 11) is 5.41. The van der Waals surface area contributed by atoms with Gasteiger partial charge in [0.15, 0.2) is 17.5 Å². The van der Waals surface area contributed by atoms with Crippen LogP contribution >= 0.6 is 24.0 Å². The van der Waals surface area contributed by atoms with Gasteiger partial charge in [-0.05, 0) is 43.8 Å². The summed E-state index contributed by atoms with van der Waals surface area (Å²) in [6.07, 6.45) is 1.87. The van der Waals surface area contributed by atoms with Crippen LogP contribution in [-0.4, -0.2) is 69.8 Å². The molecule has 1 fully saturated rings. The fraction of sp³-hybridized carbons (Fsp3) is 0.455. The van der Waals surface area contributed by atoms with E-state index < -0.39 is 0 Å². The molecule has 0 unspecified atom stereocenters. The Morgan fingerprint density at radius 2 is 1.81 bits per heavy atom. The minimum Gasteiger partial charge on any atom is -0.493 e. The first kappa shape index (κ1) is 25.0. The highest BCUT2D eigenvalue weighted by atomic mass is 127. The zero-order valence-corrected chi connectivity index (χ0v) is 21.1. The van der Waals surface area contributed by atoms with Crippen molar-refractivity contribution in [3.63, 3.8) is 0 Å². The number of hydrogen-bond acceptors (Lipinski definition) is 6. The van der Waals surface area contributed by atoms with Crippen LogP contribution in [0.3, 0.4) is 0 Å². The number of pyridine rings is 1. The second-order valence-electron chi connectivity index (χ2n) is 7.20. The number of piperazine rings is 1. The van der Waals surface area contributed by atoms with Crippen molar-refractivity contribution in [3.05, 3.63) is 42.1 Å². The summed E-state index contributed by atoms with van der Waals surface area (Å²) >= 11 is 0. The molecule has 1 aromatic carbocycles. The molecule has 0 atom stereocenters. The summed E-state index contributed by atoms with van der Waals surface area (Å²) < 4.78 is 10.7. The third-order valence-corrected chi connectivity index (χ3v) is 5.05. The molecule has 170 valence electrons. The van der Waals surface area contributed by atoms with Crippen molar-refractivity contribution in [2.24, 2.45) is 4.99 Å². The lowest BCUT2D eigenvalue weighted by molar-refractivity contribution is 0.312. The highest BCUT2D eigenvalue weighted by Gasteiger charge is 2.15. The number of anilines is 2. The maximum Gasteiger partial charge on any atom is 0.196 e. The molecule has 3 rings (SSSR count). The van der Waals surface area contributed by atoms with E-state index in [4.69, 9.17) is 14.5 Å². The van der Waals surface area contributed by atoms with Crippen molar-refractivity contribution in [2.75, 3.05) is 64.2 Å². The number of hydrogen-bond donors (Lipinski definition) is 2. The molecule has 0 radical (unpaired) electrons. The lowest BCUT2D eigenvalue weighted by Gasteiger charge is -2.33. The van der Waals surface area contributed by atoms with E-state index in [2.05, 4.69) is 38.5 Å². The van der Waals surface area contributed by atoms with Crippen LogP contribution in [0.2, 0.25) is 0 Å². The van der Waals surface area contributed by atoms with E-state index >= 15 is 0 Å². The van der Waals surface area contributed by atoms with Gasteiger partial charge in [0, 0.05) is 50.7 Å². The molecule has 2 N–H and O–H groups in total. The van der Waals surface area contributed by atoms with Gasteiger partial charge in [0.1, 0.15) is 5.82 Å². The third-order valence-electron chi connectivity index (χ3n) is 5.05. The average molecular weight is 540 g/mol. The van der Waals surface area contributed by atoms with Crippen LogP contribution in [0.25, 0.3) is 0 Å². The SMILES string of the molecule is CCNC(=NCc1ccnc(N2CCN(C)CC2)c1)Nc1ccc(OC)c(OC)c1.I. The van der Waals surface area contributed by atoms with Gasteiger partial charge in [-0.1, -0.05) is 0 Å². The Labute approximate surface area is 202 Å². The number of aliphatic imine (C=N–C) groups is 1. The van der Waals surface area contributed by atoms with Crippen LogP contribution in [0.5, 0.6) is 11.5 Å². The molecule has 0 amide bonds. The van der Waals surface area contributed by atoms with E-state index in [0.717, 1.165) is 49.8 Å². The van der Waals surface area contributed by atoms with Crippen LogP contribution in [0.15, 0.2) is 41.5 Å². The quantitative estimate of drug-likeness (QED) is 0.318. The summed E-state index contributed by atoms with van der Waals surface area (Å²) in [6, 6.07) is 9.85. The van der Waals surface area contributed by atoms with E-state index in [1.165, 1.54) is 0 Å². The second kappa shape index (κ2) is 12.6. The Balaban J connectivity index is 0.00000341. The van der Waals surface area contributed by atoms with Crippen molar-refractivity contribution in [3.8, 4) is 11.5 Å². The summed E-state index contributed by atoms with van der Waals surface area (Å²) in [5.41, 5.74) is 2.00. The molecular weight excluding hydrogens is 507 g/mol. The predicted molar refractivity (Wildman–Crippen MR) is 137 cm³/mol. The number of nitrogens with one attached hydrogen (secondary N) is 2. The fourth-order valence-corrected chi connectivity index (χ4v) is 3.30. The summed E-state index contributed by atoms with van der Waals surface area (Å²) in [5.74, 6) is 3.10. The van der Waals surface area contributed by atoms with E-state index in [1.807, 2.05) is 37.4 Å². The van der Waals surface area contributed by atoms with Crippen LogP contribution < -0.4 is 25.0 Å². The van der Waals surface area contributed by atoms with E-state index in [0.29, 0.717) is 24.0 Å². The molecule has 0 saturated carbocycles. The number of halogens is 1. The maximum atomic E-state index is 5.39. The van der Waals surface area contributed by atoms with Crippen molar-refractivity contribution in [1.82, 2.24) is 15.2 Å². The van der Waals surface area contributed by atoms with Gasteiger partial charge in [0.05, 0.1) is 20.8 Å². The topological polar surface area (TPSA) is 74.3 Å². The van der Waals surface area contributed by atoms with Gasteiger partial charge >= 0.3 is 0 Å². The molecule has 0 bridgehead atoms. The van der Waals surface area contributed by atoms with Gasteiger partial charge < -0.3 is 29.9 Å². The van der Waals surface area contributed by atoms with E-state index in [9.17, 15) is 0 Å². The Hall–Kier alpha value is -2.27. The number of methoxy groups -OCH3 is 2. The molecule has 1 aliphatic heterocycles. The van der Waals surface area contributed by atoms with Gasteiger partial charge in [0.2, 0.25) is 0 Å². The maximum absolute atomic E-state index is 5.39. The molecule has 9 heteroatoms. The molecule has 1 aliphatic rings. The standard InChI is InChI=1S/C22H32N6O2.HI/c1-5-23-22(26-18-6-7-19(29-3)20(15-18)30-4)25-16-17-8-9-24-21(14-17)28-12-10-27(2)11-13-28;/h6-9,14-15H,5,10-13,16H2,1-4H3,(H2,23,25,26);1H. The van der Waals surface area contributed by atoms with Crippen LogP contribution in [-0.2, 0) is 6.54 Å². The fourth-order valence-electron chi connectivity index (χ4n) is 3.30. The second-order valence-corrected chi connectivity index (χ2v) is 7.20. The first-order chi connectivity index (χ1) is 14.6. The minimum absolute atomic E-state index is 0. The molecule has 31 heavy (non-hydrogen) atoms. The highest BCUT2D eigenvalue weighted by molar-refractivity contribution is 14.0. The Kier molecular flexibility index (Phi) is 10.1. The van der Waals surface area contributed by atoms with Crippen LogP contribution in [0.4, 0.5) is 11.5 Å². The number of ether oxygens (including phenoxy) is 2. The normalized spacial score (nSPS) is 14.6. The Bertz CT molecular complexity index is 856. The smallest absolute Gasteiger partial charge is 0.196 e. The lowest BCUT2D eigenvalue weighted by Crippen LogP contribution is -2.44. The Morgan fingerprint density at radius 3 is 2.48 bits per heavy atom. The largest absolute Gasteiger partial charge is 0.493 e. The number of likely N-dealkylation sites (N-methyl/N-ethyl adjacent to an activating group) is 1. The molecule has 0 aliphatic carbocycles. The zero-order chi connectivity index (χ0) is 21.3. The van der Waals surface area contributed by atoms with Crippen LogP contribution in [0.1, 0.15) is 12.5 Å².